The van der Waals surface area contributed by atoms with Gasteiger partial charge >= 0.3 is 29.7 Å². The van der Waals surface area contributed by atoms with Gasteiger partial charge in [0, 0.05) is 76.2 Å². The zero-order chi connectivity index (χ0) is 37.7. The second-order valence-corrected chi connectivity index (χ2v) is 17.1. The molecule has 3 rings (SSSR count). The summed E-state index contributed by atoms with van der Waals surface area (Å²) in [5.74, 6) is 0. The third-order valence-electron chi connectivity index (χ3n) is 7.91. The zero-order valence-corrected chi connectivity index (χ0v) is 33.7. The molecule has 0 fully saturated rings. The quantitative estimate of drug-likeness (QED) is 0.0532. The van der Waals surface area contributed by atoms with Gasteiger partial charge in [-0.2, -0.15) is 0 Å². The van der Waals surface area contributed by atoms with Gasteiger partial charge in [-0.1, -0.05) is 48.5 Å². The van der Waals surface area contributed by atoms with Crippen molar-refractivity contribution in [1.29, 1.82) is 0 Å². The average molecular weight is 755 g/mol. The molecule has 4 N–H and O–H groups in total. The van der Waals surface area contributed by atoms with Gasteiger partial charge in [0.05, 0.1) is 0 Å². The Morgan fingerprint density at radius 2 is 0.692 bits per heavy atom. The number of carbonyl (C=O) groups is 2. The summed E-state index contributed by atoms with van der Waals surface area (Å²) in [5, 5.41) is 11.6. The van der Waals surface area contributed by atoms with Crippen LogP contribution in [0.5, 0.6) is 0 Å². The minimum absolute atomic E-state index is 0.267. The Morgan fingerprint density at radius 3 is 0.942 bits per heavy atom. The highest BCUT2D eigenvalue weighted by molar-refractivity contribution is 6.61. The maximum Gasteiger partial charge on any atom is 0.500 e. The predicted molar refractivity (Wildman–Crippen MR) is 211 cm³/mol. The van der Waals surface area contributed by atoms with E-state index in [2.05, 4.69) is 45.5 Å². The molecule has 14 heteroatoms. The number of benzene rings is 3. The van der Waals surface area contributed by atoms with E-state index in [-0.39, 0.29) is 12.1 Å². The second kappa shape index (κ2) is 23.1. The number of anilines is 2. The average Bonchev–Trinajstić information content (AvgIpc) is 3.13. The molecule has 0 aromatic heterocycles. The van der Waals surface area contributed by atoms with Gasteiger partial charge in [-0.25, -0.2) is 9.59 Å². The molecule has 52 heavy (non-hydrogen) atoms. The molecule has 286 valence electrons. The summed E-state index contributed by atoms with van der Waals surface area (Å²) in [6, 6.07) is 24.5. The summed E-state index contributed by atoms with van der Waals surface area (Å²) in [4.78, 5) is 25.0. The molecule has 0 aliphatic carbocycles. The highest BCUT2D eigenvalue weighted by Crippen LogP contribution is 2.27. The van der Waals surface area contributed by atoms with Crippen LogP contribution in [0.4, 0.5) is 21.0 Å². The molecule has 0 saturated heterocycles. The first-order valence-corrected chi connectivity index (χ1v) is 22.3. The number of amides is 4. The molecule has 0 atom stereocenters. The van der Waals surface area contributed by atoms with E-state index in [4.69, 9.17) is 26.6 Å². The van der Waals surface area contributed by atoms with Gasteiger partial charge in [0.15, 0.2) is 0 Å². The van der Waals surface area contributed by atoms with Crippen molar-refractivity contribution in [3.05, 3.63) is 72.8 Å². The Kier molecular flexibility index (Phi) is 19.0. The van der Waals surface area contributed by atoms with Crippen molar-refractivity contribution in [2.24, 2.45) is 0 Å². The van der Waals surface area contributed by atoms with Crippen molar-refractivity contribution in [2.45, 2.75) is 66.5 Å². The Hall–Kier alpha value is -3.61. The van der Waals surface area contributed by atoms with Crippen molar-refractivity contribution in [3.8, 4) is 22.3 Å². The standard InChI is InChI=1S/C38H58N4O8Si2/c1-7-45-51(46-8-2,47-9-3)29-13-27-39-37(43)41-35-23-19-33(20-24-35)31-15-17-32(18-16-31)34-21-25-36(26-22-34)42-38(44)40-28-14-30-52(48-10-4,49-11-5)50-12-6/h15-26H,7-14,27-30H2,1-6H3,(H2,39,41,43)(H2,40,42,44). The number of nitrogens with one attached hydrogen (secondary N) is 4. The minimum atomic E-state index is -2.72. The van der Waals surface area contributed by atoms with Crippen LogP contribution in [-0.4, -0.2) is 82.4 Å². The normalized spacial score (nSPS) is 11.7. The van der Waals surface area contributed by atoms with Gasteiger partial charge in [-0.15, -0.1) is 0 Å². The van der Waals surface area contributed by atoms with Crippen molar-refractivity contribution < 1.29 is 36.1 Å². The number of carbonyl (C=O) groups excluding carboxylic acids is 2. The maximum absolute atomic E-state index is 12.5. The first-order chi connectivity index (χ1) is 25.2. The molecule has 0 spiro atoms. The highest BCUT2D eigenvalue weighted by Gasteiger charge is 2.40. The van der Waals surface area contributed by atoms with Crippen LogP contribution in [0, 0.1) is 0 Å². The monoisotopic (exact) mass is 754 g/mol. The molecule has 3 aromatic rings. The third-order valence-corrected chi connectivity index (χ3v) is 14.2. The van der Waals surface area contributed by atoms with Crippen molar-refractivity contribution in [1.82, 2.24) is 10.6 Å². The molecule has 12 nitrogen and oxygen atoms in total. The summed E-state index contributed by atoms with van der Waals surface area (Å²) in [7, 11) is -5.44. The third kappa shape index (κ3) is 14.1. The minimum Gasteiger partial charge on any atom is -0.374 e. The Balaban J connectivity index is 1.44. The topological polar surface area (TPSA) is 138 Å². The lowest BCUT2D eigenvalue weighted by molar-refractivity contribution is 0.0701. The van der Waals surface area contributed by atoms with Crippen molar-refractivity contribution >= 4 is 41.0 Å². The van der Waals surface area contributed by atoms with Gasteiger partial charge in [-0.3, -0.25) is 0 Å². The summed E-state index contributed by atoms with van der Waals surface area (Å²) < 4.78 is 35.3. The Labute approximate surface area is 312 Å². The highest BCUT2D eigenvalue weighted by atomic mass is 28.4. The zero-order valence-electron chi connectivity index (χ0n) is 31.7. The van der Waals surface area contributed by atoms with Crippen LogP contribution in [0.2, 0.25) is 12.1 Å². The molecular formula is C38H58N4O8Si2. The van der Waals surface area contributed by atoms with Crippen molar-refractivity contribution in [2.75, 3.05) is 63.4 Å². The largest absolute Gasteiger partial charge is 0.500 e. The molecule has 0 unspecified atom stereocenters. The predicted octanol–water partition coefficient (Wildman–Crippen LogP) is 8.14. The van der Waals surface area contributed by atoms with E-state index >= 15 is 0 Å². The van der Waals surface area contributed by atoms with Crippen molar-refractivity contribution in [3.63, 3.8) is 0 Å². The van der Waals surface area contributed by atoms with Crippen LogP contribution >= 0.6 is 0 Å². The van der Waals surface area contributed by atoms with Crippen LogP contribution < -0.4 is 21.3 Å². The number of hydrogen-bond donors (Lipinski definition) is 4. The molecule has 0 bridgehead atoms. The summed E-state index contributed by atoms with van der Waals surface area (Å²) >= 11 is 0. The molecule has 0 heterocycles. The summed E-state index contributed by atoms with van der Waals surface area (Å²) in [6.07, 6.45) is 1.38. The van der Waals surface area contributed by atoms with E-state index in [1.54, 1.807) is 0 Å². The summed E-state index contributed by atoms with van der Waals surface area (Å²) in [5.41, 5.74) is 5.60. The van der Waals surface area contributed by atoms with E-state index in [0.29, 0.717) is 89.0 Å². The van der Waals surface area contributed by atoms with Gasteiger partial charge in [0.2, 0.25) is 0 Å². The Morgan fingerprint density at radius 1 is 0.442 bits per heavy atom. The van der Waals surface area contributed by atoms with Gasteiger partial charge < -0.3 is 47.8 Å². The van der Waals surface area contributed by atoms with Crippen LogP contribution in [0.1, 0.15) is 54.4 Å². The van der Waals surface area contributed by atoms with Crippen LogP contribution in [0.15, 0.2) is 72.8 Å². The van der Waals surface area contributed by atoms with E-state index < -0.39 is 17.6 Å². The van der Waals surface area contributed by atoms with E-state index in [1.165, 1.54) is 0 Å². The molecule has 4 amide bonds. The molecule has 0 aliphatic heterocycles. The molecule has 3 aromatic carbocycles. The number of urea groups is 2. The smallest absolute Gasteiger partial charge is 0.374 e. The number of rotatable bonds is 24. The fourth-order valence-electron chi connectivity index (χ4n) is 5.71. The fraction of sp³-hybridized carbons (Fsp3) is 0.474. The van der Waals surface area contributed by atoms with Crippen LogP contribution in [0.3, 0.4) is 0 Å². The fourth-order valence-corrected chi connectivity index (χ4v) is 10.9. The van der Waals surface area contributed by atoms with Gasteiger partial charge in [0.1, 0.15) is 0 Å². The van der Waals surface area contributed by atoms with Crippen LogP contribution in [0.25, 0.3) is 22.3 Å². The first-order valence-electron chi connectivity index (χ1n) is 18.5. The second-order valence-electron chi connectivity index (χ2n) is 11.7. The Bertz CT molecular complexity index is 1320. The van der Waals surface area contributed by atoms with Gasteiger partial charge in [0.25, 0.3) is 0 Å². The molecule has 0 saturated carbocycles. The van der Waals surface area contributed by atoms with E-state index in [9.17, 15) is 9.59 Å². The van der Waals surface area contributed by atoms with Gasteiger partial charge in [-0.05, 0) is 101 Å². The molecule has 0 aliphatic rings. The lowest BCUT2D eigenvalue weighted by atomic mass is 10.00. The van der Waals surface area contributed by atoms with E-state index in [0.717, 1.165) is 22.3 Å². The SMILES string of the molecule is CCO[Si](CCCNC(=O)Nc1ccc(-c2ccc(-c3ccc(NC(=O)NCCC[Si](OCC)(OCC)OCC)cc3)cc2)cc1)(OCC)OCC. The maximum atomic E-state index is 12.5. The first kappa shape index (κ1) is 42.8. The number of hydrogen-bond acceptors (Lipinski definition) is 8. The molecule has 0 radical (unpaired) electrons. The van der Waals surface area contributed by atoms with E-state index in [1.807, 2.05) is 90.1 Å². The van der Waals surface area contributed by atoms with Crippen LogP contribution in [-0.2, 0) is 26.6 Å². The molecular weight excluding hydrogens is 697 g/mol. The lowest BCUT2D eigenvalue weighted by Crippen LogP contribution is -2.46. The lowest BCUT2D eigenvalue weighted by Gasteiger charge is -2.28. The summed E-state index contributed by atoms with van der Waals surface area (Å²) in [6.45, 7) is 15.7.